The molecule has 0 radical (unpaired) electrons. The van der Waals surface area contributed by atoms with Crippen molar-refractivity contribution in [2.24, 2.45) is 0 Å². The number of carbonyl (C=O) groups is 2. The third kappa shape index (κ3) is 3.78. The van der Waals surface area contributed by atoms with E-state index in [1.165, 1.54) is 6.92 Å². The zero-order valence-electron chi connectivity index (χ0n) is 15.1. The van der Waals surface area contributed by atoms with Gasteiger partial charge in [0.25, 0.3) is 0 Å². The molecule has 0 saturated heterocycles. The summed E-state index contributed by atoms with van der Waals surface area (Å²) in [5.41, 5.74) is 2.88. The molecule has 8 heteroatoms. The van der Waals surface area contributed by atoms with E-state index in [4.69, 9.17) is 20.9 Å². The molecule has 3 aromatic rings. The van der Waals surface area contributed by atoms with Crippen LogP contribution in [-0.4, -0.2) is 33.3 Å². The minimum atomic E-state index is -0.306. The number of hydrogen-bond acceptors (Lipinski definition) is 6. The molecule has 2 aromatic heterocycles. The monoisotopic (exact) mass is 387 g/mol. The van der Waals surface area contributed by atoms with Crippen molar-refractivity contribution in [3.8, 4) is 17.5 Å². The predicted octanol–water partition coefficient (Wildman–Crippen LogP) is 4.05. The van der Waals surface area contributed by atoms with Crippen LogP contribution in [0.2, 0.25) is 5.02 Å². The summed E-state index contributed by atoms with van der Waals surface area (Å²) < 4.78 is 10.4. The van der Waals surface area contributed by atoms with Crippen molar-refractivity contribution in [3.63, 3.8) is 0 Å². The third-order valence-corrected chi connectivity index (χ3v) is 4.45. The summed E-state index contributed by atoms with van der Waals surface area (Å²) in [5.74, 6) is -0.117. The SMILES string of the molecule is CCc1c(C(=O)COc2nc(-c3ccccc3Cl)no2)[nH]c(C)c1C(C)=O. The molecular weight excluding hydrogens is 370 g/mol. The van der Waals surface area contributed by atoms with Crippen LogP contribution >= 0.6 is 11.6 Å². The van der Waals surface area contributed by atoms with E-state index in [2.05, 4.69) is 15.1 Å². The van der Waals surface area contributed by atoms with Gasteiger partial charge in [0, 0.05) is 16.8 Å². The first-order valence-electron chi connectivity index (χ1n) is 8.39. The van der Waals surface area contributed by atoms with Gasteiger partial charge < -0.3 is 9.72 Å². The van der Waals surface area contributed by atoms with Gasteiger partial charge in [0.1, 0.15) is 0 Å². The molecule has 1 N–H and O–H groups in total. The topological polar surface area (TPSA) is 98.1 Å². The molecule has 2 heterocycles. The van der Waals surface area contributed by atoms with Gasteiger partial charge in [-0.1, -0.05) is 35.8 Å². The first-order chi connectivity index (χ1) is 12.9. The molecular formula is C19H18ClN3O4. The van der Waals surface area contributed by atoms with E-state index in [-0.39, 0.29) is 30.1 Å². The fraction of sp³-hybridized carbons (Fsp3) is 0.263. The molecule has 0 aliphatic heterocycles. The maximum atomic E-state index is 12.5. The lowest BCUT2D eigenvalue weighted by molar-refractivity contribution is 0.0879. The molecule has 0 unspecified atom stereocenters. The Morgan fingerprint density at radius 2 is 2.04 bits per heavy atom. The predicted molar refractivity (Wildman–Crippen MR) is 99.5 cm³/mol. The first kappa shape index (κ1) is 18.8. The quantitative estimate of drug-likeness (QED) is 0.614. The highest BCUT2D eigenvalue weighted by Crippen LogP contribution is 2.26. The van der Waals surface area contributed by atoms with Gasteiger partial charge in [-0.15, -0.1) is 0 Å². The highest BCUT2D eigenvalue weighted by atomic mass is 35.5. The van der Waals surface area contributed by atoms with Crippen molar-refractivity contribution in [3.05, 3.63) is 51.8 Å². The van der Waals surface area contributed by atoms with Crippen LogP contribution < -0.4 is 4.74 Å². The second-order valence-corrected chi connectivity index (χ2v) is 6.37. The third-order valence-electron chi connectivity index (χ3n) is 4.12. The molecule has 7 nitrogen and oxygen atoms in total. The summed E-state index contributed by atoms with van der Waals surface area (Å²) in [5, 5.41) is 4.29. The molecule has 0 bridgehead atoms. The molecule has 0 aliphatic carbocycles. The molecule has 27 heavy (non-hydrogen) atoms. The standard InChI is InChI=1S/C19H18ClN3O4/c1-4-12-16(11(3)24)10(2)21-17(12)15(25)9-26-19-22-18(23-27-19)13-7-5-6-8-14(13)20/h5-8,21H,4,9H2,1-3H3. The van der Waals surface area contributed by atoms with E-state index in [1.807, 2.05) is 6.92 Å². The van der Waals surface area contributed by atoms with Gasteiger partial charge in [0.15, 0.2) is 12.4 Å². The summed E-state index contributed by atoms with van der Waals surface area (Å²) >= 11 is 6.10. The van der Waals surface area contributed by atoms with Crippen LogP contribution in [0.15, 0.2) is 28.8 Å². The van der Waals surface area contributed by atoms with Crippen LogP contribution in [0.1, 0.15) is 46.0 Å². The minimum absolute atomic E-state index is 0.0816. The van der Waals surface area contributed by atoms with Gasteiger partial charge in [-0.25, -0.2) is 0 Å². The van der Waals surface area contributed by atoms with Crippen molar-refractivity contribution >= 4 is 23.2 Å². The molecule has 0 aliphatic rings. The van der Waals surface area contributed by atoms with Crippen molar-refractivity contribution in [1.82, 2.24) is 15.1 Å². The summed E-state index contributed by atoms with van der Waals surface area (Å²) in [6.07, 6.45) is 0.420. The zero-order valence-corrected chi connectivity index (χ0v) is 15.9. The maximum Gasteiger partial charge on any atom is 0.418 e. The summed E-state index contributed by atoms with van der Waals surface area (Å²) in [6.45, 7) is 4.84. The van der Waals surface area contributed by atoms with Gasteiger partial charge in [0.05, 0.1) is 10.7 Å². The largest absolute Gasteiger partial charge is 0.440 e. The van der Waals surface area contributed by atoms with Crippen LogP contribution in [0.25, 0.3) is 11.4 Å². The summed E-state index contributed by atoms with van der Waals surface area (Å²) in [7, 11) is 0. The van der Waals surface area contributed by atoms with Crippen LogP contribution in [-0.2, 0) is 6.42 Å². The number of aromatic amines is 1. The zero-order chi connectivity index (χ0) is 19.6. The lowest BCUT2D eigenvalue weighted by atomic mass is 10.0. The number of nitrogens with zero attached hydrogens (tertiary/aromatic N) is 2. The molecule has 3 rings (SSSR count). The van der Waals surface area contributed by atoms with Crippen LogP contribution in [0.3, 0.4) is 0 Å². The van der Waals surface area contributed by atoms with Gasteiger partial charge in [-0.2, -0.15) is 4.98 Å². The fourth-order valence-electron chi connectivity index (χ4n) is 2.96. The summed E-state index contributed by atoms with van der Waals surface area (Å²) in [6, 6.07) is 7.06. The molecule has 140 valence electrons. The Hall–Kier alpha value is -2.93. The molecule has 0 saturated carbocycles. The van der Waals surface area contributed by atoms with Crippen molar-refractivity contribution in [1.29, 1.82) is 0 Å². The number of carbonyl (C=O) groups excluding carboxylic acids is 2. The van der Waals surface area contributed by atoms with Crippen molar-refractivity contribution < 1.29 is 18.8 Å². The molecule has 1 aromatic carbocycles. The average molecular weight is 388 g/mol. The number of hydrogen-bond donors (Lipinski definition) is 1. The number of ether oxygens (including phenoxy) is 1. The highest BCUT2D eigenvalue weighted by Gasteiger charge is 2.22. The number of nitrogens with one attached hydrogen (secondary N) is 1. The van der Waals surface area contributed by atoms with Crippen molar-refractivity contribution in [2.45, 2.75) is 27.2 Å². The van der Waals surface area contributed by atoms with E-state index in [9.17, 15) is 9.59 Å². The van der Waals surface area contributed by atoms with Crippen LogP contribution in [0.5, 0.6) is 6.08 Å². The number of halogens is 1. The average Bonchev–Trinajstić information content (AvgIpc) is 3.24. The maximum absolute atomic E-state index is 12.5. The number of aryl methyl sites for hydroxylation is 1. The first-order valence-corrected chi connectivity index (χ1v) is 8.77. The van der Waals surface area contributed by atoms with Crippen LogP contribution in [0, 0.1) is 6.92 Å². The summed E-state index contributed by atoms with van der Waals surface area (Å²) in [4.78, 5) is 31.4. The van der Waals surface area contributed by atoms with Gasteiger partial charge >= 0.3 is 6.08 Å². The number of aromatic nitrogens is 3. The van der Waals surface area contributed by atoms with E-state index >= 15 is 0 Å². The number of rotatable bonds is 7. The van der Waals surface area contributed by atoms with E-state index in [0.29, 0.717) is 39.5 Å². The number of benzene rings is 1. The number of ketones is 2. The lowest BCUT2D eigenvalue weighted by Gasteiger charge is -2.03. The Labute approximate surface area is 160 Å². The Bertz CT molecular complexity index is 1010. The fourth-order valence-corrected chi connectivity index (χ4v) is 3.18. The normalized spacial score (nSPS) is 10.8. The molecule has 0 fully saturated rings. The molecule has 0 amide bonds. The van der Waals surface area contributed by atoms with Crippen LogP contribution in [0.4, 0.5) is 0 Å². The van der Waals surface area contributed by atoms with E-state index in [1.54, 1.807) is 31.2 Å². The second kappa shape index (κ2) is 7.75. The molecule has 0 atom stereocenters. The minimum Gasteiger partial charge on any atom is -0.440 e. The van der Waals surface area contributed by atoms with E-state index < -0.39 is 0 Å². The molecule has 0 spiro atoms. The highest BCUT2D eigenvalue weighted by molar-refractivity contribution is 6.33. The Morgan fingerprint density at radius 1 is 1.30 bits per heavy atom. The second-order valence-electron chi connectivity index (χ2n) is 5.96. The Kier molecular flexibility index (Phi) is 5.41. The van der Waals surface area contributed by atoms with Gasteiger partial charge in [-0.05, 0) is 38.0 Å². The van der Waals surface area contributed by atoms with Gasteiger partial charge in [0.2, 0.25) is 11.6 Å². The van der Waals surface area contributed by atoms with E-state index in [0.717, 1.165) is 0 Å². The smallest absolute Gasteiger partial charge is 0.418 e. The number of Topliss-reactive ketones (excluding diaryl/α,β-unsaturated/α-hetero) is 2. The Morgan fingerprint density at radius 3 is 2.70 bits per heavy atom. The Balaban J connectivity index is 1.75. The lowest BCUT2D eigenvalue weighted by Crippen LogP contribution is -2.14. The van der Waals surface area contributed by atoms with Gasteiger partial charge in [-0.3, -0.25) is 14.1 Å². The van der Waals surface area contributed by atoms with Crippen molar-refractivity contribution in [2.75, 3.05) is 6.61 Å². The number of H-pyrrole nitrogens is 1.